The van der Waals surface area contributed by atoms with E-state index in [0.717, 1.165) is 18.1 Å². The molecule has 3 aromatic rings. The number of hydrogen-bond acceptors (Lipinski definition) is 4. The molecular weight excluding hydrogens is 302 g/mol. The van der Waals surface area contributed by atoms with Crippen LogP contribution in [0.15, 0.2) is 55.1 Å². The maximum Gasteiger partial charge on any atom is 0.271 e. The molecule has 24 heavy (non-hydrogen) atoms. The second-order valence-electron chi connectivity index (χ2n) is 5.51. The smallest absolute Gasteiger partial charge is 0.271 e. The van der Waals surface area contributed by atoms with Crippen molar-refractivity contribution in [3.63, 3.8) is 0 Å². The summed E-state index contributed by atoms with van der Waals surface area (Å²) in [5.74, 6) is 0.720. The lowest BCUT2D eigenvalue weighted by molar-refractivity contribution is 0.0948. The fraction of sp³-hybridized carbons (Fsp3) is 0.222. The Morgan fingerprint density at radius 3 is 2.71 bits per heavy atom. The van der Waals surface area contributed by atoms with Crippen molar-refractivity contribution in [2.45, 2.75) is 19.9 Å². The van der Waals surface area contributed by atoms with E-state index in [4.69, 9.17) is 0 Å². The number of nitrogens with one attached hydrogen (secondary N) is 1. The fourth-order valence-electron chi connectivity index (χ4n) is 2.38. The van der Waals surface area contributed by atoms with Gasteiger partial charge < -0.3 is 9.88 Å². The van der Waals surface area contributed by atoms with Gasteiger partial charge in [-0.15, -0.1) is 0 Å². The highest BCUT2D eigenvalue weighted by Crippen LogP contribution is 2.06. The number of carbonyl (C=O) groups excluding carboxylic acids is 1. The van der Waals surface area contributed by atoms with Crippen LogP contribution in [0.4, 0.5) is 0 Å². The Kier molecular flexibility index (Phi) is 4.96. The van der Waals surface area contributed by atoms with Crippen LogP contribution in [0.25, 0.3) is 0 Å². The summed E-state index contributed by atoms with van der Waals surface area (Å²) >= 11 is 0. The van der Waals surface area contributed by atoms with Crippen molar-refractivity contribution in [2.24, 2.45) is 0 Å². The van der Waals surface area contributed by atoms with E-state index in [-0.39, 0.29) is 5.91 Å². The quantitative estimate of drug-likeness (QED) is 0.754. The molecule has 6 nitrogen and oxygen atoms in total. The number of nitrogens with zero attached hydrogens (tertiary/aromatic N) is 4. The van der Waals surface area contributed by atoms with Crippen LogP contribution >= 0.6 is 0 Å². The zero-order valence-corrected chi connectivity index (χ0v) is 13.5. The molecule has 0 aliphatic heterocycles. The number of hydrogen-bond donors (Lipinski definition) is 1. The lowest BCUT2D eigenvalue weighted by atomic mass is 10.2. The van der Waals surface area contributed by atoms with Gasteiger partial charge in [0.2, 0.25) is 0 Å². The molecule has 1 amide bonds. The maximum atomic E-state index is 12.0. The summed E-state index contributed by atoms with van der Waals surface area (Å²) in [4.78, 5) is 24.5. The lowest BCUT2D eigenvalue weighted by Gasteiger charge is -2.09. The zero-order valence-electron chi connectivity index (χ0n) is 13.5. The summed E-state index contributed by atoms with van der Waals surface area (Å²) in [7, 11) is 0. The Labute approximate surface area is 140 Å². The van der Waals surface area contributed by atoms with Gasteiger partial charge in [-0.3, -0.25) is 9.78 Å². The lowest BCUT2D eigenvalue weighted by Crippen LogP contribution is -2.27. The molecule has 6 heteroatoms. The predicted molar refractivity (Wildman–Crippen MR) is 90.6 cm³/mol. The van der Waals surface area contributed by atoms with Crippen LogP contribution in [0, 0.1) is 6.92 Å². The highest BCUT2D eigenvalue weighted by atomic mass is 16.1. The SMILES string of the molecule is Cc1cnc(C(=O)NCCc2nccn2Cc2ccccc2)cn1. The van der Waals surface area contributed by atoms with Gasteiger partial charge in [0.1, 0.15) is 11.5 Å². The van der Waals surface area contributed by atoms with Gasteiger partial charge in [0.05, 0.1) is 11.9 Å². The van der Waals surface area contributed by atoms with Crippen molar-refractivity contribution in [1.82, 2.24) is 24.8 Å². The summed E-state index contributed by atoms with van der Waals surface area (Å²) in [5, 5.41) is 2.85. The first-order valence-electron chi connectivity index (χ1n) is 7.83. The van der Waals surface area contributed by atoms with Crippen LogP contribution in [0.2, 0.25) is 0 Å². The fourth-order valence-corrected chi connectivity index (χ4v) is 2.38. The van der Waals surface area contributed by atoms with E-state index in [1.807, 2.05) is 31.3 Å². The first kappa shape index (κ1) is 15.9. The number of aryl methyl sites for hydroxylation is 1. The average molecular weight is 321 g/mol. The Morgan fingerprint density at radius 2 is 1.96 bits per heavy atom. The van der Waals surface area contributed by atoms with E-state index in [1.54, 1.807) is 12.4 Å². The van der Waals surface area contributed by atoms with E-state index in [0.29, 0.717) is 18.7 Å². The van der Waals surface area contributed by atoms with Gasteiger partial charge in [-0.2, -0.15) is 0 Å². The number of benzene rings is 1. The maximum absolute atomic E-state index is 12.0. The molecule has 3 rings (SSSR count). The Morgan fingerprint density at radius 1 is 1.12 bits per heavy atom. The van der Waals surface area contributed by atoms with E-state index in [1.165, 1.54) is 11.8 Å². The molecule has 0 unspecified atom stereocenters. The molecule has 1 N–H and O–H groups in total. The minimum atomic E-state index is -0.219. The van der Waals surface area contributed by atoms with Gasteiger partial charge in [0, 0.05) is 38.1 Å². The summed E-state index contributed by atoms with van der Waals surface area (Å²) in [6.45, 7) is 3.11. The Balaban J connectivity index is 1.55. The summed E-state index contributed by atoms with van der Waals surface area (Å²) < 4.78 is 2.09. The van der Waals surface area contributed by atoms with Crippen LogP contribution in [-0.2, 0) is 13.0 Å². The molecule has 0 spiro atoms. The molecule has 0 saturated heterocycles. The van der Waals surface area contributed by atoms with Gasteiger partial charge in [-0.25, -0.2) is 9.97 Å². The molecule has 0 bridgehead atoms. The number of rotatable bonds is 6. The van der Waals surface area contributed by atoms with Gasteiger partial charge in [0.25, 0.3) is 5.91 Å². The summed E-state index contributed by atoms with van der Waals surface area (Å²) in [5.41, 5.74) is 2.33. The third kappa shape index (κ3) is 4.04. The third-order valence-electron chi connectivity index (χ3n) is 3.65. The highest BCUT2D eigenvalue weighted by molar-refractivity contribution is 5.91. The second-order valence-corrected chi connectivity index (χ2v) is 5.51. The van der Waals surface area contributed by atoms with Crippen LogP contribution < -0.4 is 5.32 Å². The summed E-state index contributed by atoms with van der Waals surface area (Å²) in [6.07, 6.45) is 7.47. The highest BCUT2D eigenvalue weighted by Gasteiger charge is 2.08. The molecule has 0 atom stereocenters. The van der Waals surface area contributed by atoms with E-state index < -0.39 is 0 Å². The molecule has 0 radical (unpaired) electrons. The number of imidazole rings is 1. The molecule has 0 saturated carbocycles. The summed E-state index contributed by atoms with van der Waals surface area (Å²) in [6, 6.07) is 10.2. The Hall–Kier alpha value is -3.02. The molecular formula is C18H19N5O. The van der Waals surface area contributed by atoms with Crippen molar-refractivity contribution >= 4 is 5.91 Å². The largest absolute Gasteiger partial charge is 0.350 e. The second kappa shape index (κ2) is 7.50. The van der Waals surface area contributed by atoms with Gasteiger partial charge in [-0.05, 0) is 12.5 Å². The minimum absolute atomic E-state index is 0.219. The monoisotopic (exact) mass is 321 g/mol. The van der Waals surface area contributed by atoms with Crippen LogP contribution in [0.1, 0.15) is 27.6 Å². The molecule has 2 aromatic heterocycles. The minimum Gasteiger partial charge on any atom is -0.350 e. The Bertz CT molecular complexity index is 796. The first-order chi connectivity index (χ1) is 11.7. The first-order valence-corrected chi connectivity index (χ1v) is 7.83. The molecule has 0 aliphatic carbocycles. The van der Waals surface area contributed by atoms with Crippen molar-refractivity contribution in [2.75, 3.05) is 6.54 Å². The molecule has 1 aromatic carbocycles. The third-order valence-corrected chi connectivity index (χ3v) is 3.65. The average Bonchev–Trinajstić information content (AvgIpc) is 3.03. The predicted octanol–water partition coefficient (Wildman–Crippen LogP) is 2.00. The van der Waals surface area contributed by atoms with Crippen molar-refractivity contribution < 1.29 is 4.79 Å². The van der Waals surface area contributed by atoms with Gasteiger partial charge in [0.15, 0.2) is 0 Å². The van der Waals surface area contributed by atoms with Crippen molar-refractivity contribution in [1.29, 1.82) is 0 Å². The van der Waals surface area contributed by atoms with E-state index >= 15 is 0 Å². The standard InChI is InChI=1S/C18H19N5O/c1-14-11-22-16(12-21-14)18(24)20-8-7-17-19-9-10-23(17)13-15-5-3-2-4-6-15/h2-6,9-12H,7-8,13H2,1H3,(H,20,24). The van der Waals surface area contributed by atoms with Gasteiger partial charge >= 0.3 is 0 Å². The number of amides is 1. The van der Waals surface area contributed by atoms with Crippen molar-refractivity contribution in [3.05, 3.63) is 77.9 Å². The normalized spacial score (nSPS) is 10.5. The molecule has 0 aliphatic rings. The topological polar surface area (TPSA) is 72.7 Å². The van der Waals surface area contributed by atoms with Crippen molar-refractivity contribution in [3.8, 4) is 0 Å². The molecule has 0 fully saturated rings. The van der Waals surface area contributed by atoms with Crippen LogP contribution in [0.5, 0.6) is 0 Å². The van der Waals surface area contributed by atoms with Crippen LogP contribution in [-0.4, -0.2) is 32.0 Å². The van der Waals surface area contributed by atoms with E-state index in [2.05, 4.69) is 37.0 Å². The number of aromatic nitrogens is 4. The van der Waals surface area contributed by atoms with Crippen LogP contribution in [0.3, 0.4) is 0 Å². The van der Waals surface area contributed by atoms with E-state index in [9.17, 15) is 4.79 Å². The zero-order chi connectivity index (χ0) is 16.8. The van der Waals surface area contributed by atoms with Gasteiger partial charge in [-0.1, -0.05) is 30.3 Å². The molecule has 2 heterocycles. The number of carbonyl (C=O) groups is 1. The molecule has 122 valence electrons.